The molecule has 1 aromatic heterocycles. The van der Waals surface area contributed by atoms with Crippen molar-refractivity contribution in [3.63, 3.8) is 0 Å². The fraction of sp³-hybridized carbons (Fsp3) is 0.100. The number of nitrogens with one attached hydrogen (secondary N) is 4. The van der Waals surface area contributed by atoms with E-state index in [4.69, 9.17) is 4.74 Å². The largest absolute Gasteiger partial charge is 0.494 e. The van der Waals surface area contributed by atoms with Crippen LogP contribution in [0.5, 0.6) is 5.75 Å². The SMILES string of the molecule is CNC(=O)c1[nH]cnc1C(=O)Nc1ccc(NC(=O)c2ccc(OC)c(F)c2)cc1. The summed E-state index contributed by atoms with van der Waals surface area (Å²) in [6.07, 6.45) is 1.25. The number of benzene rings is 2. The van der Waals surface area contributed by atoms with Crippen molar-refractivity contribution >= 4 is 29.1 Å². The van der Waals surface area contributed by atoms with Gasteiger partial charge in [0.2, 0.25) is 0 Å². The highest BCUT2D eigenvalue weighted by atomic mass is 19.1. The molecule has 0 aliphatic rings. The lowest BCUT2D eigenvalue weighted by atomic mass is 10.2. The number of aromatic nitrogens is 2. The highest BCUT2D eigenvalue weighted by Crippen LogP contribution is 2.20. The van der Waals surface area contributed by atoms with Gasteiger partial charge in [-0.15, -0.1) is 0 Å². The minimum Gasteiger partial charge on any atom is -0.494 e. The van der Waals surface area contributed by atoms with Crippen LogP contribution in [0.3, 0.4) is 0 Å². The number of ether oxygens (including phenoxy) is 1. The Hall–Kier alpha value is -4.21. The number of aromatic amines is 1. The Morgan fingerprint density at radius 3 is 2.17 bits per heavy atom. The van der Waals surface area contributed by atoms with Crippen molar-refractivity contribution in [3.05, 3.63) is 71.6 Å². The minimum absolute atomic E-state index is 0.0446. The highest BCUT2D eigenvalue weighted by Gasteiger charge is 2.19. The topological polar surface area (TPSA) is 125 Å². The van der Waals surface area contributed by atoms with Crippen LogP contribution >= 0.6 is 0 Å². The van der Waals surface area contributed by atoms with Gasteiger partial charge < -0.3 is 25.7 Å². The predicted molar refractivity (Wildman–Crippen MR) is 107 cm³/mol. The summed E-state index contributed by atoms with van der Waals surface area (Å²) in [5.41, 5.74) is 1.00. The third-order valence-corrected chi connectivity index (χ3v) is 4.12. The van der Waals surface area contributed by atoms with Crippen molar-refractivity contribution in [1.82, 2.24) is 15.3 Å². The summed E-state index contributed by atoms with van der Waals surface area (Å²) < 4.78 is 18.6. The van der Waals surface area contributed by atoms with Crippen molar-refractivity contribution < 1.29 is 23.5 Å². The Bertz CT molecular complexity index is 1090. The quantitative estimate of drug-likeness (QED) is 0.496. The predicted octanol–water partition coefficient (Wildman–Crippen LogP) is 2.42. The minimum atomic E-state index is -0.641. The zero-order valence-corrected chi connectivity index (χ0v) is 16.1. The zero-order chi connectivity index (χ0) is 21.7. The Balaban J connectivity index is 1.66. The van der Waals surface area contributed by atoms with Crippen molar-refractivity contribution in [3.8, 4) is 5.75 Å². The molecule has 10 heteroatoms. The van der Waals surface area contributed by atoms with Crippen LogP contribution < -0.4 is 20.7 Å². The van der Waals surface area contributed by atoms with Crippen LogP contribution in [0, 0.1) is 5.82 Å². The second-order valence-corrected chi connectivity index (χ2v) is 6.04. The number of anilines is 2. The van der Waals surface area contributed by atoms with E-state index in [1.165, 1.54) is 32.6 Å². The maximum Gasteiger partial charge on any atom is 0.276 e. The van der Waals surface area contributed by atoms with E-state index in [0.717, 1.165) is 6.07 Å². The van der Waals surface area contributed by atoms with Crippen LogP contribution in [0.1, 0.15) is 31.3 Å². The summed E-state index contributed by atoms with van der Waals surface area (Å²) in [4.78, 5) is 42.9. The molecule has 0 aliphatic carbocycles. The number of carbonyl (C=O) groups excluding carboxylic acids is 3. The van der Waals surface area contributed by atoms with E-state index in [1.807, 2.05) is 0 Å². The molecule has 30 heavy (non-hydrogen) atoms. The first-order valence-corrected chi connectivity index (χ1v) is 8.74. The van der Waals surface area contributed by atoms with E-state index < -0.39 is 23.5 Å². The molecule has 0 atom stereocenters. The fourth-order valence-corrected chi connectivity index (χ4v) is 2.60. The maximum absolute atomic E-state index is 13.8. The summed E-state index contributed by atoms with van der Waals surface area (Å²) in [6, 6.07) is 10.2. The Morgan fingerprint density at radius 1 is 0.967 bits per heavy atom. The average molecular weight is 411 g/mol. The lowest BCUT2D eigenvalue weighted by molar-refractivity contribution is 0.0943. The molecule has 0 bridgehead atoms. The van der Waals surface area contributed by atoms with Crippen LogP contribution in [0.2, 0.25) is 0 Å². The van der Waals surface area contributed by atoms with E-state index in [0.29, 0.717) is 11.4 Å². The number of hydrogen-bond acceptors (Lipinski definition) is 5. The van der Waals surface area contributed by atoms with Gasteiger partial charge in [0.25, 0.3) is 17.7 Å². The lowest BCUT2D eigenvalue weighted by Gasteiger charge is -2.09. The van der Waals surface area contributed by atoms with Gasteiger partial charge in [0.15, 0.2) is 17.3 Å². The third-order valence-electron chi connectivity index (χ3n) is 4.12. The number of methoxy groups -OCH3 is 1. The average Bonchev–Trinajstić information content (AvgIpc) is 3.24. The summed E-state index contributed by atoms with van der Waals surface area (Å²) >= 11 is 0. The van der Waals surface area contributed by atoms with E-state index in [-0.39, 0.29) is 22.7 Å². The van der Waals surface area contributed by atoms with Gasteiger partial charge in [-0.25, -0.2) is 9.37 Å². The van der Waals surface area contributed by atoms with Gasteiger partial charge in [0.05, 0.1) is 13.4 Å². The van der Waals surface area contributed by atoms with Crippen LogP contribution in [0.4, 0.5) is 15.8 Å². The number of rotatable bonds is 6. The molecule has 0 saturated heterocycles. The Morgan fingerprint density at radius 2 is 1.60 bits per heavy atom. The second kappa shape index (κ2) is 8.86. The highest BCUT2D eigenvalue weighted by molar-refractivity contribution is 6.10. The van der Waals surface area contributed by atoms with Gasteiger partial charge in [-0.3, -0.25) is 14.4 Å². The monoisotopic (exact) mass is 411 g/mol. The number of nitrogens with zero attached hydrogens (tertiary/aromatic N) is 1. The van der Waals surface area contributed by atoms with Crippen LogP contribution in [0.25, 0.3) is 0 Å². The number of halogens is 1. The van der Waals surface area contributed by atoms with Crippen molar-refractivity contribution in [2.75, 3.05) is 24.8 Å². The van der Waals surface area contributed by atoms with Crippen LogP contribution in [-0.4, -0.2) is 41.8 Å². The standard InChI is InChI=1S/C20H18FN5O4/c1-22-19(28)16-17(24-10-23-16)20(29)26-13-6-4-12(5-7-13)25-18(27)11-3-8-15(30-2)14(21)9-11/h3-10H,1-2H3,(H,22,28)(H,23,24)(H,25,27)(H,26,29). The Labute approximate surface area is 170 Å². The summed E-state index contributed by atoms with van der Waals surface area (Å²) in [5, 5.41) is 7.67. The molecule has 3 rings (SSSR count). The molecule has 154 valence electrons. The van der Waals surface area contributed by atoms with Crippen molar-refractivity contribution in [2.45, 2.75) is 0 Å². The smallest absolute Gasteiger partial charge is 0.276 e. The summed E-state index contributed by atoms with van der Waals surface area (Å²) in [7, 11) is 2.78. The third kappa shape index (κ3) is 4.43. The first-order valence-electron chi connectivity index (χ1n) is 8.74. The van der Waals surface area contributed by atoms with Gasteiger partial charge in [-0.05, 0) is 42.5 Å². The lowest BCUT2D eigenvalue weighted by Crippen LogP contribution is -2.23. The zero-order valence-electron chi connectivity index (χ0n) is 16.1. The molecular weight excluding hydrogens is 393 g/mol. The van der Waals surface area contributed by atoms with E-state index in [2.05, 4.69) is 25.9 Å². The molecule has 0 aliphatic heterocycles. The molecule has 0 unspecified atom stereocenters. The first-order chi connectivity index (χ1) is 14.4. The van der Waals surface area contributed by atoms with Crippen molar-refractivity contribution in [1.29, 1.82) is 0 Å². The molecule has 0 radical (unpaired) electrons. The van der Waals surface area contributed by atoms with Gasteiger partial charge >= 0.3 is 0 Å². The first kappa shape index (κ1) is 20.5. The molecule has 1 heterocycles. The van der Waals surface area contributed by atoms with Crippen LogP contribution in [-0.2, 0) is 0 Å². The molecule has 3 aromatic rings. The normalized spacial score (nSPS) is 10.2. The molecule has 0 saturated carbocycles. The Kier molecular flexibility index (Phi) is 6.06. The molecule has 4 N–H and O–H groups in total. The fourth-order valence-electron chi connectivity index (χ4n) is 2.60. The van der Waals surface area contributed by atoms with E-state index in [9.17, 15) is 18.8 Å². The number of amides is 3. The van der Waals surface area contributed by atoms with Crippen molar-refractivity contribution in [2.24, 2.45) is 0 Å². The molecule has 3 amide bonds. The van der Waals surface area contributed by atoms with Gasteiger partial charge in [0, 0.05) is 24.0 Å². The van der Waals surface area contributed by atoms with Gasteiger partial charge in [-0.1, -0.05) is 0 Å². The second-order valence-electron chi connectivity index (χ2n) is 6.04. The number of H-pyrrole nitrogens is 1. The number of imidazole rings is 1. The molecule has 9 nitrogen and oxygen atoms in total. The van der Waals surface area contributed by atoms with E-state index >= 15 is 0 Å². The van der Waals surface area contributed by atoms with Gasteiger partial charge in [-0.2, -0.15) is 0 Å². The molecular formula is C20H18FN5O4. The van der Waals surface area contributed by atoms with E-state index in [1.54, 1.807) is 24.3 Å². The number of hydrogen-bond donors (Lipinski definition) is 4. The summed E-state index contributed by atoms with van der Waals surface area (Å²) in [6.45, 7) is 0. The molecule has 2 aromatic carbocycles. The summed E-state index contributed by atoms with van der Waals surface area (Å²) in [5.74, 6) is -2.13. The molecule has 0 fully saturated rings. The number of carbonyl (C=O) groups is 3. The maximum atomic E-state index is 13.8. The molecule has 0 spiro atoms. The van der Waals surface area contributed by atoms with Gasteiger partial charge in [0.1, 0.15) is 5.69 Å². The van der Waals surface area contributed by atoms with Crippen LogP contribution in [0.15, 0.2) is 48.8 Å².